The zero-order chi connectivity index (χ0) is 31.8. The minimum absolute atomic E-state index is 0.161. The second-order valence-corrected chi connectivity index (χ2v) is 13.8. The maximum Gasteiger partial charge on any atom is 0.264 e. The number of nitrogens with one attached hydrogen (secondary N) is 2. The summed E-state index contributed by atoms with van der Waals surface area (Å²) in [7, 11) is -2.32. The molecular formula is C34H45N7O3S. The van der Waals surface area contributed by atoms with Gasteiger partial charge >= 0.3 is 0 Å². The van der Waals surface area contributed by atoms with E-state index in [1.54, 1.807) is 48.5 Å². The minimum atomic E-state index is -3.84. The molecule has 0 atom stereocenters. The van der Waals surface area contributed by atoms with Crippen LogP contribution in [0.3, 0.4) is 0 Å². The van der Waals surface area contributed by atoms with Gasteiger partial charge in [0.2, 0.25) is 5.95 Å². The number of hydrogen-bond acceptors (Lipinski definition) is 7. The molecule has 0 aliphatic heterocycles. The smallest absolute Gasteiger partial charge is 0.264 e. The Morgan fingerprint density at radius 1 is 0.933 bits per heavy atom. The fourth-order valence-electron chi connectivity index (χ4n) is 5.76. The summed E-state index contributed by atoms with van der Waals surface area (Å²) in [5.41, 5.74) is 3.33. The van der Waals surface area contributed by atoms with Gasteiger partial charge in [0, 0.05) is 37.5 Å². The van der Waals surface area contributed by atoms with Crippen LogP contribution in [0.1, 0.15) is 94.5 Å². The number of carbonyl (C=O) groups is 1. The lowest BCUT2D eigenvalue weighted by atomic mass is 9.96. The predicted octanol–water partition coefficient (Wildman–Crippen LogP) is 6.96. The Bertz CT molecular complexity index is 1680. The number of anilines is 2. The van der Waals surface area contributed by atoms with Crippen LogP contribution in [-0.2, 0) is 10.0 Å². The first kappa shape index (κ1) is 32.4. The van der Waals surface area contributed by atoms with Gasteiger partial charge in [0.25, 0.3) is 15.9 Å². The standard InChI is InChI=1S/C34H45N7O3S/c1-4-6-11-23-35-33(42)26-14-18-27(19-15-26)40(3)45(43,44)29-20-16-25(17-21-29)31-30-24-37-34(36-22-7-5-2)38-32(30)41(39-31)28-12-9-8-10-13-28/h14-21,24,28H,4-13,22-23H2,1-3H3,(H,35,42)(H,36,37,38). The molecule has 1 aliphatic rings. The number of rotatable bonds is 14. The van der Waals surface area contributed by atoms with Crippen molar-refractivity contribution in [1.82, 2.24) is 25.1 Å². The van der Waals surface area contributed by atoms with Gasteiger partial charge in [-0.3, -0.25) is 9.10 Å². The molecule has 0 radical (unpaired) electrons. The monoisotopic (exact) mass is 631 g/mol. The van der Waals surface area contributed by atoms with E-state index < -0.39 is 10.0 Å². The van der Waals surface area contributed by atoms with Crippen LogP contribution in [0.5, 0.6) is 0 Å². The van der Waals surface area contributed by atoms with Gasteiger partial charge in [-0.15, -0.1) is 0 Å². The van der Waals surface area contributed by atoms with Crippen molar-refractivity contribution in [2.24, 2.45) is 0 Å². The van der Waals surface area contributed by atoms with Gasteiger partial charge < -0.3 is 10.6 Å². The summed E-state index contributed by atoms with van der Waals surface area (Å²) >= 11 is 0. The van der Waals surface area contributed by atoms with Crippen LogP contribution in [-0.4, -0.2) is 54.2 Å². The van der Waals surface area contributed by atoms with Gasteiger partial charge in [0.15, 0.2) is 5.65 Å². The van der Waals surface area contributed by atoms with E-state index >= 15 is 0 Å². The van der Waals surface area contributed by atoms with Crippen LogP contribution in [0, 0.1) is 0 Å². The molecule has 240 valence electrons. The molecule has 1 fully saturated rings. The molecular weight excluding hydrogens is 586 g/mol. The molecule has 2 aromatic heterocycles. The SMILES string of the molecule is CCCCCNC(=O)c1ccc(N(C)S(=O)(=O)c2ccc(-c3nn(C4CCCCC4)c4nc(NCCCC)ncc34)cc2)cc1. The summed E-state index contributed by atoms with van der Waals surface area (Å²) in [4.78, 5) is 22.1. The molecule has 0 saturated heterocycles. The minimum Gasteiger partial charge on any atom is -0.354 e. The fraction of sp³-hybridized carbons (Fsp3) is 0.471. The van der Waals surface area contributed by atoms with Crippen molar-refractivity contribution in [2.45, 2.75) is 89.0 Å². The van der Waals surface area contributed by atoms with Gasteiger partial charge in [-0.25, -0.2) is 18.1 Å². The van der Waals surface area contributed by atoms with Gasteiger partial charge in [0.05, 0.1) is 22.0 Å². The van der Waals surface area contributed by atoms with Crippen LogP contribution in [0.2, 0.25) is 0 Å². The van der Waals surface area contributed by atoms with Crippen molar-refractivity contribution in [2.75, 3.05) is 29.8 Å². The molecule has 2 aromatic carbocycles. The van der Waals surface area contributed by atoms with Crippen LogP contribution in [0.15, 0.2) is 59.6 Å². The molecule has 11 heteroatoms. The number of nitrogens with zero attached hydrogens (tertiary/aromatic N) is 5. The quantitative estimate of drug-likeness (QED) is 0.144. The summed E-state index contributed by atoms with van der Waals surface area (Å²) in [5, 5.41) is 12.1. The van der Waals surface area contributed by atoms with E-state index in [0.29, 0.717) is 23.7 Å². The predicted molar refractivity (Wildman–Crippen MR) is 180 cm³/mol. The van der Waals surface area contributed by atoms with E-state index in [1.807, 2.05) is 6.20 Å². The molecule has 0 unspecified atom stereocenters. The fourth-order valence-corrected chi connectivity index (χ4v) is 6.96. The van der Waals surface area contributed by atoms with Crippen molar-refractivity contribution in [3.05, 3.63) is 60.3 Å². The van der Waals surface area contributed by atoms with Crippen molar-refractivity contribution < 1.29 is 13.2 Å². The molecule has 5 rings (SSSR count). The van der Waals surface area contributed by atoms with Gasteiger partial charge in [-0.2, -0.15) is 10.1 Å². The summed E-state index contributed by atoms with van der Waals surface area (Å²) in [6.45, 7) is 5.71. The first-order valence-electron chi connectivity index (χ1n) is 16.3. The molecule has 45 heavy (non-hydrogen) atoms. The van der Waals surface area contributed by atoms with Crippen LogP contribution < -0.4 is 14.9 Å². The molecule has 4 aromatic rings. The number of aromatic nitrogens is 4. The molecule has 0 spiro atoms. The largest absolute Gasteiger partial charge is 0.354 e. The molecule has 1 saturated carbocycles. The average molecular weight is 632 g/mol. The Labute approximate surface area is 266 Å². The summed E-state index contributed by atoms with van der Waals surface area (Å²) in [5.74, 6) is 0.441. The lowest BCUT2D eigenvalue weighted by Crippen LogP contribution is -2.27. The van der Waals surface area contributed by atoms with Gasteiger partial charge in [0.1, 0.15) is 5.69 Å². The molecule has 1 amide bonds. The highest BCUT2D eigenvalue weighted by atomic mass is 32.2. The number of carbonyl (C=O) groups excluding carboxylic acids is 1. The van der Waals surface area contributed by atoms with E-state index in [1.165, 1.54) is 30.6 Å². The molecule has 2 N–H and O–H groups in total. The molecule has 0 bridgehead atoms. The van der Waals surface area contributed by atoms with Crippen LogP contribution in [0.25, 0.3) is 22.3 Å². The van der Waals surface area contributed by atoms with Crippen LogP contribution in [0.4, 0.5) is 11.6 Å². The van der Waals surface area contributed by atoms with Crippen molar-refractivity contribution >= 4 is 38.6 Å². The zero-order valence-corrected chi connectivity index (χ0v) is 27.4. The normalized spacial score (nSPS) is 14.0. The third-order valence-corrected chi connectivity index (χ3v) is 10.3. The van der Waals surface area contributed by atoms with Gasteiger partial charge in [-0.05, 0) is 62.1 Å². The Balaban J connectivity index is 1.36. The molecule has 2 heterocycles. The van der Waals surface area contributed by atoms with Crippen molar-refractivity contribution in [3.8, 4) is 11.3 Å². The van der Waals surface area contributed by atoms with Crippen molar-refractivity contribution in [3.63, 3.8) is 0 Å². The molecule has 10 nitrogen and oxygen atoms in total. The lowest BCUT2D eigenvalue weighted by Gasteiger charge is -2.22. The second kappa shape index (κ2) is 14.9. The number of fused-ring (bicyclic) bond motifs is 1. The first-order chi connectivity index (χ1) is 21.8. The third kappa shape index (κ3) is 7.46. The summed E-state index contributed by atoms with van der Waals surface area (Å²) in [6, 6.07) is 13.7. The summed E-state index contributed by atoms with van der Waals surface area (Å²) < 4.78 is 30.4. The number of sulfonamides is 1. The Hall–Kier alpha value is -3.99. The Morgan fingerprint density at radius 3 is 2.33 bits per heavy atom. The lowest BCUT2D eigenvalue weighted by molar-refractivity contribution is 0.0953. The highest BCUT2D eigenvalue weighted by Gasteiger charge is 2.25. The topological polar surface area (TPSA) is 122 Å². The van der Waals surface area contributed by atoms with E-state index in [2.05, 4.69) is 34.1 Å². The Kier molecular flexibility index (Phi) is 10.7. The average Bonchev–Trinajstić information content (AvgIpc) is 3.46. The van der Waals surface area contributed by atoms with Crippen LogP contribution >= 0.6 is 0 Å². The number of unbranched alkanes of at least 4 members (excludes halogenated alkanes) is 3. The highest BCUT2D eigenvalue weighted by Crippen LogP contribution is 2.35. The molecule has 1 aliphatic carbocycles. The zero-order valence-electron chi connectivity index (χ0n) is 26.6. The number of amides is 1. The number of hydrogen-bond donors (Lipinski definition) is 2. The summed E-state index contributed by atoms with van der Waals surface area (Å²) in [6.07, 6.45) is 12.7. The van der Waals surface area contributed by atoms with E-state index in [4.69, 9.17) is 10.1 Å². The van der Waals surface area contributed by atoms with E-state index in [0.717, 1.165) is 73.8 Å². The van der Waals surface area contributed by atoms with Crippen molar-refractivity contribution in [1.29, 1.82) is 0 Å². The first-order valence-corrected chi connectivity index (χ1v) is 17.7. The Morgan fingerprint density at radius 2 is 1.64 bits per heavy atom. The number of benzene rings is 2. The maximum absolute atomic E-state index is 13.6. The highest BCUT2D eigenvalue weighted by molar-refractivity contribution is 7.92. The van der Waals surface area contributed by atoms with E-state index in [9.17, 15) is 13.2 Å². The van der Waals surface area contributed by atoms with Gasteiger partial charge in [-0.1, -0.05) is 64.5 Å². The second-order valence-electron chi connectivity index (χ2n) is 11.8. The maximum atomic E-state index is 13.6. The van der Waals surface area contributed by atoms with E-state index in [-0.39, 0.29) is 16.8 Å². The third-order valence-electron chi connectivity index (χ3n) is 8.53.